The first-order valence-corrected chi connectivity index (χ1v) is 9.17. The van der Waals surface area contributed by atoms with Gasteiger partial charge in [-0.15, -0.1) is 11.3 Å². The van der Waals surface area contributed by atoms with Crippen LogP contribution in [0.25, 0.3) is 11.3 Å². The summed E-state index contributed by atoms with van der Waals surface area (Å²) >= 11 is 1.69. The number of pyridine rings is 1. The topological polar surface area (TPSA) is 63.9 Å². The number of aromatic nitrogens is 4. The molecule has 128 valence electrons. The van der Waals surface area contributed by atoms with E-state index in [2.05, 4.69) is 25.3 Å². The Bertz CT molecular complexity index is 914. The highest BCUT2D eigenvalue weighted by Gasteiger charge is 2.28. The summed E-state index contributed by atoms with van der Waals surface area (Å²) in [5.74, 6) is 0.453. The van der Waals surface area contributed by atoms with Crippen LogP contribution in [0.2, 0.25) is 0 Å². The third kappa shape index (κ3) is 3.67. The number of aryl methyl sites for hydroxylation is 1. The average Bonchev–Trinajstić information content (AvgIpc) is 3.00. The van der Waals surface area contributed by atoms with Crippen LogP contribution in [0.1, 0.15) is 10.7 Å². The van der Waals surface area contributed by atoms with Crippen molar-refractivity contribution in [3.05, 3.63) is 63.1 Å². The van der Waals surface area contributed by atoms with E-state index in [-0.39, 0.29) is 5.56 Å². The Balaban J connectivity index is 1.39. The molecule has 0 aromatic carbocycles. The van der Waals surface area contributed by atoms with Crippen LogP contribution >= 0.6 is 11.3 Å². The lowest BCUT2D eigenvalue weighted by atomic mass is 10.00. The van der Waals surface area contributed by atoms with Crippen LogP contribution < -0.4 is 5.56 Å². The van der Waals surface area contributed by atoms with Gasteiger partial charge in [0.15, 0.2) is 0 Å². The largest absolute Gasteiger partial charge is 0.297 e. The molecule has 0 saturated carbocycles. The number of thiazole rings is 1. The number of rotatable bonds is 5. The maximum Gasteiger partial charge on any atom is 0.266 e. The van der Waals surface area contributed by atoms with E-state index in [0.29, 0.717) is 12.5 Å². The second-order valence-electron chi connectivity index (χ2n) is 6.40. The number of hydrogen-bond donors (Lipinski definition) is 0. The van der Waals surface area contributed by atoms with Crippen LogP contribution in [-0.2, 0) is 13.1 Å². The van der Waals surface area contributed by atoms with E-state index in [1.54, 1.807) is 40.5 Å². The lowest BCUT2D eigenvalue weighted by Crippen LogP contribution is -2.48. The van der Waals surface area contributed by atoms with Crippen molar-refractivity contribution < 1.29 is 0 Å². The molecule has 7 heteroatoms. The van der Waals surface area contributed by atoms with E-state index in [1.165, 1.54) is 0 Å². The molecule has 1 aliphatic rings. The molecule has 3 aromatic heterocycles. The standard InChI is InChI=1S/C18H19N5OS/c1-13-20-16(12-25-13)11-22-8-14(9-22)10-23-18(24)5-4-17(21-23)15-3-2-6-19-7-15/h2-7,12,14H,8-11H2,1H3. The Labute approximate surface area is 149 Å². The first-order chi connectivity index (χ1) is 12.2. The molecule has 0 radical (unpaired) electrons. The Morgan fingerprint density at radius 1 is 1.28 bits per heavy atom. The van der Waals surface area contributed by atoms with Gasteiger partial charge in [0.05, 0.1) is 22.9 Å². The van der Waals surface area contributed by atoms with Gasteiger partial charge in [0.1, 0.15) is 0 Å². The molecule has 4 heterocycles. The summed E-state index contributed by atoms with van der Waals surface area (Å²) < 4.78 is 1.58. The highest BCUT2D eigenvalue weighted by Crippen LogP contribution is 2.21. The Morgan fingerprint density at radius 2 is 2.16 bits per heavy atom. The van der Waals surface area contributed by atoms with Crippen molar-refractivity contribution in [1.82, 2.24) is 24.6 Å². The second-order valence-corrected chi connectivity index (χ2v) is 7.46. The molecular formula is C18H19N5OS. The molecule has 1 aliphatic heterocycles. The van der Waals surface area contributed by atoms with E-state index >= 15 is 0 Å². The van der Waals surface area contributed by atoms with Gasteiger partial charge in [-0.3, -0.25) is 14.7 Å². The molecule has 0 atom stereocenters. The number of nitrogens with zero attached hydrogens (tertiary/aromatic N) is 5. The highest BCUT2D eigenvalue weighted by molar-refractivity contribution is 7.09. The van der Waals surface area contributed by atoms with Crippen LogP contribution in [0.5, 0.6) is 0 Å². The Hall–Kier alpha value is -2.38. The minimum Gasteiger partial charge on any atom is -0.297 e. The highest BCUT2D eigenvalue weighted by atomic mass is 32.1. The minimum absolute atomic E-state index is 0.0544. The fraction of sp³-hybridized carbons (Fsp3) is 0.333. The van der Waals surface area contributed by atoms with Gasteiger partial charge in [0, 0.05) is 55.0 Å². The van der Waals surface area contributed by atoms with Gasteiger partial charge in [0.25, 0.3) is 5.56 Å². The summed E-state index contributed by atoms with van der Waals surface area (Å²) in [5.41, 5.74) is 2.78. The zero-order chi connectivity index (χ0) is 17.2. The molecule has 0 unspecified atom stereocenters. The van der Waals surface area contributed by atoms with Crippen LogP contribution in [0.4, 0.5) is 0 Å². The van der Waals surface area contributed by atoms with Crippen molar-refractivity contribution >= 4 is 11.3 Å². The van der Waals surface area contributed by atoms with Gasteiger partial charge in [-0.1, -0.05) is 0 Å². The van der Waals surface area contributed by atoms with E-state index < -0.39 is 0 Å². The first kappa shape index (κ1) is 16.1. The SMILES string of the molecule is Cc1nc(CN2CC(Cn3nc(-c4cccnc4)ccc3=O)C2)cs1. The molecule has 4 rings (SSSR count). The van der Waals surface area contributed by atoms with Gasteiger partial charge in [0.2, 0.25) is 0 Å². The lowest BCUT2D eigenvalue weighted by Gasteiger charge is -2.38. The van der Waals surface area contributed by atoms with Gasteiger partial charge in [-0.2, -0.15) is 5.10 Å². The molecule has 6 nitrogen and oxygen atoms in total. The third-order valence-corrected chi connectivity index (χ3v) is 5.16. The molecule has 0 aliphatic carbocycles. The number of hydrogen-bond acceptors (Lipinski definition) is 6. The second kappa shape index (κ2) is 6.85. The summed E-state index contributed by atoms with van der Waals surface area (Å²) in [4.78, 5) is 23.1. The zero-order valence-corrected chi connectivity index (χ0v) is 14.8. The van der Waals surface area contributed by atoms with E-state index in [0.717, 1.165) is 41.6 Å². The van der Waals surface area contributed by atoms with Crippen molar-refractivity contribution in [2.24, 2.45) is 5.92 Å². The van der Waals surface area contributed by atoms with E-state index in [9.17, 15) is 4.79 Å². The lowest BCUT2D eigenvalue weighted by molar-refractivity contribution is 0.0756. The predicted molar refractivity (Wildman–Crippen MR) is 97.3 cm³/mol. The Kier molecular flexibility index (Phi) is 4.42. The molecule has 3 aromatic rings. The zero-order valence-electron chi connectivity index (χ0n) is 14.0. The molecule has 0 amide bonds. The molecule has 0 bridgehead atoms. The Morgan fingerprint density at radius 3 is 2.88 bits per heavy atom. The van der Waals surface area contributed by atoms with E-state index in [1.807, 2.05) is 19.1 Å². The fourth-order valence-electron chi connectivity index (χ4n) is 3.12. The molecular weight excluding hydrogens is 334 g/mol. The van der Waals surface area contributed by atoms with Gasteiger partial charge in [-0.05, 0) is 25.1 Å². The molecule has 1 saturated heterocycles. The molecule has 1 fully saturated rings. The maximum absolute atomic E-state index is 12.1. The third-order valence-electron chi connectivity index (χ3n) is 4.34. The van der Waals surface area contributed by atoms with Crippen molar-refractivity contribution in [2.75, 3.05) is 13.1 Å². The van der Waals surface area contributed by atoms with Crippen molar-refractivity contribution in [1.29, 1.82) is 0 Å². The summed E-state index contributed by atoms with van der Waals surface area (Å²) in [6.07, 6.45) is 3.49. The predicted octanol–water partition coefficient (Wildman–Crippen LogP) is 2.20. The van der Waals surface area contributed by atoms with Crippen molar-refractivity contribution in [3.8, 4) is 11.3 Å². The summed E-state index contributed by atoms with van der Waals surface area (Å²) in [7, 11) is 0. The molecule has 0 spiro atoms. The van der Waals surface area contributed by atoms with Gasteiger partial charge >= 0.3 is 0 Å². The first-order valence-electron chi connectivity index (χ1n) is 8.29. The normalized spacial score (nSPS) is 15.2. The quantitative estimate of drug-likeness (QED) is 0.704. The van der Waals surface area contributed by atoms with Gasteiger partial charge < -0.3 is 0 Å². The summed E-state index contributed by atoms with van der Waals surface area (Å²) in [5, 5.41) is 7.74. The molecule has 0 N–H and O–H groups in total. The van der Waals surface area contributed by atoms with Crippen LogP contribution in [-0.4, -0.2) is 37.7 Å². The van der Waals surface area contributed by atoms with Gasteiger partial charge in [-0.25, -0.2) is 9.67 Å². The monoisotopic (exact) mass is 353 g/mol. The smallest absolute Gasteiger partial charge is 0.266 e. The average molecular weight is 353 g/mol. The fourth-order valence-corrected chi connectivity index (χ4v) is 3.73. The maximum atomic E-state index is 12.1. The minimum atomic E-state index is -0.0544. The number of likely N-dealkylation sites (tertiary alicyclic amines) is 1. The van der Waals surface area contributed by atoms with E-state index in [4.69, 9.17) is 0 Å². The molecule has 25 heavy (non-hydrogen) atoms. The van der Waals surface area contributed by atoms with Crippen molar-refractivity contribution in [3.63, 3.8) is 0 Å². The summed E-state index contributed by atoms with van der Waals surface area (Å²) in [6, 6.07) is 7.17. The van der Waals surface area contributed by atoms with Crippen molar-refractivity contribution in [2.45, 2.75) is 20.0 Å². The van der Waals surface area contributed by atoms with Crippen LogP contribution in [0, 0.1) is 12.8 Å². The van der Waals surface area contributed by atoms with Crippen LogP contribution in [0.15, 0.2) is 46.8 Å². The van der Waals surface area contributed by atoms with Crippen LogP contribution in [0.3, 0.4) is 0 Å². The summed E-state index contributed by atoms with van der Waals surface area (Å²) in [6.45, 7) is 5.52.